The molecule has 1 aliphatic heterocycles. The molecule has 1 saturated heterocycles. The molecule has 13 heavy (non-hydrogen) atoms. The van der Waals surface area contributed by atoms with Crippen LogP contribution in [0.25, 0.3) is 0 Å². The quantitative estimate of drug-likeness (QED) is 0.560. The van der Waals surface area contributed by atoms with Gasteiger partial charge in [-0.05, 0) is 20.8 Å². The minimum absolute atomic E-state index is 0.102. The van der Waals surface area contributed by atoms with Crippen LogP contribution in [0.1, 0.15) is 20.8 Å². The van der Waals surface area contributed by atoms with Crippen LogP contribution >= 0.6 is 0 Å². The Kier molecular flexibility index (Phi) is 2.93. The number of hydrogen-bond donors (Lipinski definition) is 2. The van der Waals surface area contributed by atoms with E-state index in [4.69, 9.17) is 10.5 Å². The number of ether oxygens (including phenoxy) is 1. The first-order chi connectivity index (χ1) is 5.90. The molecule has 4 nitrogen and oxygen atoms in total. The lowest BCUT2D eigenvalue weighted by Gasteiger charge is -2.23. The smallest absolute Gasteiger partial charge is 0.312 e. The Morgan fingerprint density at radius 3 is 2.46 bits per heavy atom. The van der Waals surface area contributed by atoms with Crippen LogP contribution in [0.3, 0.4) is 0 Å². The van der Waals surface area contributed by atoms with Gasteiger partial charge in [-0.15, -0.1) is 0 Å². The summed E-state index contributed by atoms with van der Waals surface area (Å²) in [5.41, 5.74) is 5.32. The molecule has 0 saturated carbocycles. The average molecular weight is 186 g/mol. The van der Waals surface area contributed by atoms with Crippen LogP contribution in [0, 0.1) is 5.92 Å². The molecule has 0 spiro atoms. The molecule has 0 unspecified atom stereocenters. The molecule has 0 radical (unpaired) electrons. The molecule has 1 rings (SSSR count). The standard InChI is InChI=1S/C9H18N2O2/c1-9(2,3)13-8(12)6-4-11-5-7(6)10/h6-7,11H,4-5,10H2,1-3H3/t6-,7-/m0/s1. The fourth-order valence-corrected chi connectivity index (χ4v) is 1.33. The summed E-state index contributed by atoms with van der Waals surface area (Å²) in [5, 5.41) is 3.06. The van der Waals surface area contributed by atoms with Crippen molar-refractivity contribution in [1.29, 1.82) is 0 Å². The van der Waals surface area contributed by atoms with Crippen LogP contribution in [0.5, 0.6) is 0 Å². The molecule has 3 N–H and O–H groups in total. The summed E-state index contributed by atoms with van der Waals surface area (Å²) in [6, 6.07) is -0.102. The van der Waals surface area contributed by atoms with Gasteiger partial charge < -0.3 is 15.8 Å². The van der Waals surface area contributed by atoms with E-state index >= 15 is 0 Å². The van der Waals surface area contributed by atoms with E-state index in [2.05, 4.69) is 5.32 Å². The Labute approximate surface area is 78.8 Å². The molecule has 0 bridgehead atoms. The Hall–Kier alpha value is -0.610. The largest absolute Gasteiger partial charge is 0.460 e. The second-order valence-corrected chi connectivity index (χ2v) is 4.46. The van der Waals surface area contributed by atoms with Crippen molar-refractivity contribution in [2.45, 2.75) is 32.4 Å². The summed E-state index contributed by atoms with van der Waals surface area (Å²) in [4.78, 5) is 11.5. The number of esters is 1. The highest BCUT2D eigenvalue weighted by Crippen LogP contribution is 2.15. The van der Waals surface area contributed by atoms with Crippen molar-refractivity contribution in [3.05, 3.63) is 0 Å². The van der Waals surface area contributed by atoms with E-state index in [1.807, 2.05) is 20.8 Å². The van der Waals surface area contributed by atoms with Crippen LogP contribution in [-0.2, 0) is 9.53 Å². The summed E-state index contributed by atoms with van der Waals surface area (Å²) in [6.45, 7) is 6.91. The van der Waals surface area contributed by atoms with Gasteiger partial charge in [0.05, 0.1) is 5.92 Å². The summed E-state index contributed by atoms with van der Waals surface area (Å²) >= 11 is 0. The second-order valence-electron chi connectivity index (χ2n) is 4.46. The molecule has 4 heteroatoms. The molecular formula is C9H18N2O2. The molecular weight excluding hydrogens is 168 g/mol. The molecule has 1 heterocycles. The minimum Gasteiger partial charge on any atom is -0.460 e. The van der Waals surface area contributed by atoms with Crippen molar-refractivity contribution < 1.29 is 9.53 Å². The predicted octanol–water partition coefficient (Wildman–Crippen LogP) is -0.125. The third-order valence-electron chi connectivity index (χ3n) is 1.97. The van der Waals surface area contributed by atoms with Crippen molar-refractivity contribution in [3.63, 3.8) is 0 Å². The Balaban J connectivity index is 2.48. The predicted molar refractivity (Wildman–Crippen MR) is 50.2 cm³/mol. The van der Waals surface area contributed by atoms with E-state index < -0.39 is 5.60 Å². The van der Waals surface area contributed by atoms with Crippen molar-refractivity contribution >= 4 is 5.97 Å². The number of carbonyl (C=O) groups is 1. The summed E-state index contributed by atoms with van der Waals surface area (Å²) in [6.07, 6.45) is 0. The molecule has 0 aliphatic carbocycles. The molecule has 0 amide bonds. The summed E-state index contributed by atoms with van der Waals surface area (Å²) in [5.74, 6) is -0.371. The second kappa shape index (κ2) is 3.64. The van der Waals surface area contributed by atoms with Gasteiger partial charge in [-0.3, -0.25) is 4.79 Å². The van der Waals surface area contributed by atoms with E-state index in [-0.39, 0.29) is 17.9 Å². The van der Waals surface area contributed by atoms with Crippen LogP contribution < -0.4 is 11.1 Å². The van der Waals surface area contributed by atoms with Gasteiger partial charge >= 0.3 is 5.97 Å². The van der Waals surface area contributed by atoms with Gasteiger partial charge in [0, 0.05) is 19.1 Å². The first kappa shape index (κ1) is 10.5. The van der Waals surface area contributed by atoms with Crippen molar-refractivity contribution in [1.82, 2.24) is 5.32 Å². The molecule has 76 valence electrons. The zero-order chi connectivity index (χ0) is 10.1. The fraction of sp³-hybridized carbons (Fsp3) is 0.889. The summed E-state index contributed by atoms with van der Waals surface area (Å²) < 4.78 is 5.23. The van der Waals surface area contributed by atoms with Gasteiger partial charge in [-0.1, -0.05) is 0 Å². The fourth-order valence-electron chi connectivity index (χ4n) is 1.33. The Bertz CT molecular complexity index is 198. The number of nitrogens with two attached hydrogens (primary N) is 1. The van der Waals surface area contributed by atoms with Crippen LogP contribution in [-0.4, -0.2) is 30.7 Å². The number of hydrogen-bond acceptors (Lipinski definition) is 4. The molecule has 0 aromatic rings. The minimum atomic E-state index is -0.417. The summed E-state index contributed by atoms with van der Waals surface area (Å²) in [7, 11) is 0. The van der Waals surface area contributed by atoms with E-state index in [0.29, 0.717) is 13.1 Å². The third kappa shape index (κ3) is 2.97. The lowest BCUT2D eigenvalue weighted by molar-refractivity contribution is -0.159. The molecule has 0 aromatic carbocycles. The van der Waals surface area contributed by atoms with Crippen LogP contribution in [0.15, 0.2) is 0 Å². The SMILES string of the molecule is CC(C)(C)OC(=O)[C@H]1CNC[C@@H]1N. The lowest BCUT2D eigenvalue weighted by atomic mass is 10.0. The molecule has 2 atom stereocenters. The maximum atomic E-state index is 11.5. The van der Waals surface area contributed by atoms with Gasteiger partial charge in [-0.2, -0.15) is 0 Å². The van der Waals surface area contributed by atoms with Gasteiger partial charge in [0.2, 0.25) is 0 Å². The van der Waals surface area contributed by atoms with Crippen molar-refractivity contribution in [3.8, 4) is 0 Å². The molecule has 1 aliphatic rings. The first-order valence-electron chi connectivity index (χ1n) is 4.59. The highest BCUT2D eigenvalue weighted by molar-refractivity contribution is 5.74. The monoisotopic (exact) mass is 186 g/mol. The van der Waals surface area contributed by atoms with E-state index in [1.165, 1.54) is 0 Å². The van der Waals surface area contributed by atoms with E-state index in [9.17, 15) is 4.79 Å². The van der Waals surface area contributed by atoms with Crippen molar-refractivity contribution in [2.75, 3.05) is 13.1 Å². The zero-order valence-electron chi connectivity index (χ0n) is 8.46. The highest BCUT2D eigenvalue weighted by Gasteiger charge is 2.33. The topological polar surface area (TPSA) is 64.3 Å². The maximum Gasteiger partial charge on any atom is 0.312 e. The number of carbonyl (C=O) groups excluding carboxylic acids is 1. The maximum absolute atomic E-state index is 11.5. The third-order valence-corrected chi connectivity index (χ3v) is 1.97. The Morgan fingerprint density at radius 2 is 2.08 bits per heavy atom. The lowest BCUT2D eigenvalue weighted by Crippen LogP contribution is -2.38. The zero-order valence-corrected chi connectivity index (χ0v) is 8.46. The van der Waals surface area contributed by atoms with Gasteiger partial charge in [0.1, 0.15) is 5.60 Å². The van der Waals surface area contributed by atoms with Crippen LogP contribution in [0.4, 0.5) is 0 Å². The van der Waals surface area contributed by atoms with Gasteiger partial charge in [0.25, 0.3) is 0 Å². The molecule has 1 fully saturated rings. The first-order valence-corrected chi connectivity index (χ1v) is 4.59. The van der Waals surface area contributed by atoms with Crippen molar-refractivity contribution in [2.24, 2.45) is 11.7 Å². The van der Waals surface area contributed by atoms with Gasteiger partial charge in [0.15, 0.2) is 0 Å². The van der Waals surface area contributed by atoms with Crippen LogP contribution in [0.2, 0.25) is 0 Å². The molecule has 0 aromatic heterocycles. The number of rotatable bonds is 1. The van der Waals surface area contributed by atoms with E-state index in [0.717, 1.165) is 0 Å². The Morgan fingerprint density at radius 1 is 1.46 bits per heavy atom. The normalized spacial score (nSPS) is 28.9. The average Bonchev–Trinajstić information content (AvgIpc) is 2.30. The highest BCUT2D eigenvalue weighted by atomic mass is 16.6. The van der Waals surface area contributed by atoms with Gasteiger partial charge in [-0.25, -0.2) is 0 Å². The number of nitrogens with one attached hydrogen (secondary N) is 1. The van der Waals surface area contributed by atoms with E-state index in [1.54, 1.807) is 0 Å².